The molecule has 7 heteroatoms. The highest BCUT2D eigenvalue weighted by molar-refractivity contribution is 6.03. The summed E-state index contributed by atoms with van der Waals surface area (Å²) in [7, 11) is 0. The van der Waals surface area contributed by atoms with E-state index in [-0.39, 0.29) is 5.82 Å². The van der Waals surface area contributed by atoms with Gasteiger partial charge in [0.15, 0.2) is 5.82 Å². The average molecular weight is 397 g/mol. The Labute approximate surface area is 170 Å². The van der Waals surface area contributed by atoms with Crippen LogP contribution in [-0.2, 0) is 6.42 Å². The third-order valence-electron chi connectivity index (χ3n) is 5.12. The number of halogens is 1. The highest BCUT2D eigenvalue weighted by Gasteiger charge is 2.23. The van der Waals surface area contributed by atoms with Crippen molar-refractivity contribution in [2.45, 2.75) is 41.0 Å². The largest absolute Gasteiger partial charge is 0.382 e. The zero-order valence-electron chi connectivity index (χ0n) is 17.8. The van der Waals surface area contributed by atoms with Gasteiger partial charge >= 0.3 is 0 Å². The van der Waals surface area contributed by atoms with Crippen LogP contribution >= 0.6 is 0 Å². The van der Waals surface area contributed by atoms with Gasteiger partial charge in [0.1, 0.15) is 5.82 Å². The smallest absolute Gasteiger partial charge is 0.152 e. The van der Waals surface area contributed by atoms with Crippen LogP contribution in [0.5, 0.6) is 0 Å². The molecule has 1 aromatic carbocycles. The third kappa shape index (κ3) is 3.41. The highest BCUT2D eigenvalue weighted by Crippen LogP contribution is 2.40. The molecular weight excluding hydrogens is 367 g/mol. The molecule has 0 spiro atoms. The maximum absolute atomic E-state index is 15.6. The SMILES string of the molecule is CC.CCc1c(F)c(N(CC)CC)c2[nH]ncc2c1-c1ccn2nc(N)cc2c1. The van der Waals surface area contributed by atoms with Gasteiger partial charge in [-0.05, 0) is 49.1 Å². The van der Waals surface area contributed by atoms with Gasteiger partial charge in [0.2, 0.25) is 0 Å². The van der Waals surface area contributed by atoms with Crippen molar-refractivity contribution in [3.63, 3.8) is 0 Å². The van der Waals surface area contributed by atoms with E-state index >= 15 is 4.39 Å². The van der Waals surface area contributed by atoms with Crippen molar-refractivity contribution in [2.24, 2.45) is 0 Å². The van der Waals surface area contributed by atoms with E-state index < -0.39 is 0 Å². The van der Waals surface area contributed by atoms with Crippen molar-refractivity contribution >= 4 is 27.9 Å². The number of aromatic nitrogens is 4. The lowest BCUT2D eigenvalue weighted by atomic mass is 9.93. The third-order valence-corrected chi connectivity index (χ3v) is 5.12. The van der Waals surface area contributed by atoms with Gasteiger partial charge in [0.25, 0.3) is 0 Å². The Hall–Kier alpha value is -3.09. The summed E-state index contributed by atoms with van der Waals surface area (Å²) < 4.78 is 17.4. The van der Waals surface area contributed by atoms with Crippen molar-refractivity contribution in [1.82, 2.24) is 19.8 Å². The second kappa shape index (κ2) is 8.51. The van der Waals surface area contributed by atoms with Gasteiger partial charge in [0, 0.05) is 30.7 Å². The maximum Gasteiger partial charge on any atom is 0.152 e. The molecule has 0 unspecified atom stereocenters. The summed E-state index contributed by atoms with van der Waals surface area (Å²) >= 11 is 0. The quantitative estimate of drug-likeness (QED) is 0.496. The summed E-state index contributed by atoms with van der Waals surface area (Å²) in [6, 6.07) is 5.74. The number of nitrogens with two attached hydrogens (primary N) is 1. The molecular formula is C22H29FN6. The second-order valence-corrected chi connectivity index (χ2v) is 6.55. The van der Waals surface area contributed by atoms with E-state index in [0.717, 1.165) is 40.6 Å². The number of fused-ring (bicyclic) bond motifs is 2. The number of aromatic amines is 1. The van der Waals surface area contributed by atoms with E-state index in [2.05, 4.69) is 15.3 Å². The van der Waals surface area contributed by atoms with Gasteiger partial charge in [-0.2, -0.15) is 10.2 Å². The summed E-state index contributed by atoms with van der Waals surface area (Å²) in [5.74, 6) is 0.278. The number of H-pyrrole nitrogens is 1. The zero-order valence-corrected chi connectivity index (χ0v) is 17.8. The number of rotatable bonds is 5. The molecule has 0 fully saturated rings. The predicted molar refractivity (Wildman–Crippen MR) is 119 cm³/mol. The van der Waals surface area contributed by atoms with E-state index in [1.54, 1.807) is 10.7 Å². The van der Waals surface area contributed by atoms with Crippen LogP contribution in [0.2, 0.25) is 0 Å². The molecule has 4 aromatic rings. The Morgan fingerprint density at radius 3 is 2.55 bits per heavy atom. The average Bonchev–Trinajstić information content (AvgIpc) is 3.36. The molecule has 0 bridgehead atoms. The van der Waals surface area contributed by atoms with E-state index in [1.165, 1.54) is 0 Å². The molecule has 0 aliphatic rings. The molecule has 0 atom stereocenters. The van der Waals surface area contributed by atoms with Crippen molar-refractivity contribution in [3.8, 4) is 11.1 Å². The molecule has 0 aliphatic carbocycles. The Balaban J connectivity index is 0.00000117. The summed E-state index contributed by atoms with van der Waals surface area (Å²) in [6.45, 7) is 11.5. The van der Waals surface area contributed by atoms with Crippen LogP contribution in [0.1, 0.15) is 40.2 Å². The lowest BCUT2D eigenvalue weighted by molar-refractivity contribution is 0.608. The Morgan fingerprint density at radius 2 is 1.90 bits per heavy atom. The molecule has 0 saturated heterocycles. The molecule has 29 heavy (non-hydrogen) atoms. The van der Waals surface area contributed by atoms with E-state index in [9.17, 15) is 0 Å². The fourth-order valence-electron chi connectivity index (χ4n) is 3.85. The number of anilines is 2. The van der Waals surface area contributed by atoms with E-state index in [4.69, 9.17) is 5.73 Å². The van der Waals surface area contributed by atoms with Gasteiger partial charge in [-0.15, -0.1) is 0 Å². The van der Waals surface area contributed by atoms with Gasteiger partial charge in [-0.25, -0.2) is 8.91 Å². The lowest BCUT2D eigenvalue weighted by Crippen LogP contribution is -2.24. The molecule has 0 aliphatic heterocycles. The Bertz CT molecular complexity index is 1120. The molecule has 3 N–H and O–H groups in total. The minimum absolute atomic E-state index is 0.180. The van der Waals surface area contributed by atoms with Gasteiger partial charge in [-0.1, -0.05) is 20.8 Å². The predicted octanol–water partition coefficient (Wildman–Crippen LogP) is 5.03. The second-order valence-electron chi connectivity index (χ2n) is 6.55. The first-order chi connectivity index (χ1) is 14.1. The topological polar surface area (TPSA) is 75.2 Å². The number of hydrogen-bond donors (Lipinski definition) is 2. The molecule has 4 rings (SSSR count). The summed E-state index contributed by atoms with van der Waals surface area (Å²) in [5.41, 5.74) is 10.5. The molecule has 0 radical (unpaired) electrons. The van der Waals surface area contributed by atoms with Crippen LogP contribution in [0.3, 0.4) is 0 Å². The fourth-order valence-corrected chi connectivity index (χ4v) is 3.85. The number of nitrogens with one attached hydrogen (secondary N) is 1. The van der Waals surface area contributed by atoms with Crippen LogP contribution in [0.4, 0.5) is 15.9 Å². The number of benzene rings is 1. The summed E-state index contributed by atoms with van der Waals surface area (Å²) in [5, 5.41) is 12.4. The first-order valence-corrected chi connectivity index (χ1v) is 10.3. The molecule has 3 aromatic heterocycles. The first kappa shape index (κ1) is 20.6. The molecule has 3 heterocycles. The van der Waals surface area contributed by atoms with E-state index in [1.807, 2.05) is 63.9 Å². The van der Waals surface area contributed by atoms with Crippen LogP contribution in [-0.4, -0.2) is 32.9 Å². The van der Waals surface area contributed by atoms with Crippen LogP contribution < -0.4 is 10.6 Å². The van der Waals surface area contributed by atoms with Crippen LogP contribution in [0.25, 0.3) is 27.5 Å². The van der Waals surface area contributed by atoms with Crippen molar-refractivity contribution in [1.29, 1.82) is 0 Å². The Morgan fingerprint density at radius 1 is 1.17 bits per heavy atom. The monoisotopic (exact) mass is 396 g/mol. The van der Waals surface area contributed by atoms with Gasteiger partial charge in [0.05, 0.1) is 22.9 Å². The van der Waals surface area contributed by atoms with Gasteiger partial charge < -0.3 is 10.6 Å². The van der Waals surface area contributed by atoms with Crippen molar-refractivity contribution in [3.05, 3.63) is 42.0 Å². The summed E-state index contributed by atoms with van der Waals surface area (Å²) in [4.78, 5) is 2.03. The standard InChI is InChI=1S/C20H23FN6.C2H6/c1-4-14-17(12-7-8-27-13(9-12)10-16(22)25-27)15-11-23-24-19(15)20(18(14)21)26(5-2)6-3;1-2/h7-11H,4-6H2,1-3H3,(H2,22,25)(H,23,24);1-2H3. The lowest BCUT2D eigenvalue weighted by Gasteiger charge is -2.25. The molecule has 154 valence electrons. The first-order valence-electron chi connectivity index (χ1n) is 10.3. The highest BCUT2D eigenvalue weighted by atomic mass is 19.1. The van der Waals surface area contributed by atoms with E-state index in [0.29, 0.717) is 23.5 Å². The molecule has 0 saturated carbocycles. The number of nitrogen functional groups attached to an aromatic ring is 1. The number of nitrogens with zero attached hydrogens (tertiary/aromatic N) is 4. The molecule has 0 amide bonds. The normalized spacial score (nSPS) is 11.0. The molecule has 6 nitrogen and oxygen atoms in total. The maximum atomic E-state index is 15.6. The minimum Gasteiger partial charge on any atom is -0.382 e. The van der Waals surface area contributed by atoms with Gasteiger partial charge in [-0.3, -0.25) is 5.10 Å². The zero-order chi connectivity index (χ0) is 21.1. The summed E-state index contributed by atoms with van der Waals surface area (Å²) in [6.07, 6.45) is 4.22. The minimum atomic E-state index is -0.180. The fraction of sp³-hybridized carbons (Fsp3) is 0.364. The van der Waals surface area contributed by atoms with Crippen molar-refractivity contribution in [2.75, 3.05) is 23.7 Å². The number of pyridine rings is 1. The van der Waals surface area contributed by atoms with Crippen molar-refractivity contribution < 1.29 is 4.39 Å². The van der Waals surface area contributed by atoms with Crippen LogP contribution in [0.15, 0.2) is 30.6 Å². The Kier molecular flexibility index (Phi) is 6.06. The number of hydrogen-bond acceptors (Lipinski definition) is 4. The van der Waals surface area contributed by atoms with Crippen LogP contribution in [0, 0.1) is 5.82 Å².